The van der Waals surface area contributed by atoms with Crippen molar-refractivity contribution in [2.75, 3.05) is 0 Å². The summed E-state index contributed by atoms with van der Waals surface area (Å²) in [6.07, 6.45) is 0. The van der Waals surface area contributed by atoms with Crippen LogP contribution in [0.3, 0.4) is 0 Å². The van der Waals surface area contributed by atoms with E-state index in [1.165, 1.54) is 55.6 Å². The van der Waals surface area contributed by atoms with Crippen LogP contribution < -0.4 is 0 Å². The molecule has 0 radical (unpaired) electrons. The number of hydrogen-bond acceptors (Lipinski definition) is 2. The average Bonchev–Trinajstić information content (AvgIpc) is 3.03. The maximum atomic E-state index is 5.31. The molecule has 8 bridgehead atoms. The van der Waals surface area contributed by atoms with Gasteiger partial charge in [-0.2, -0.15) is 0 Å². The van der Waals surface area contributed by atoms with Crippen LogP contribution in [0.4, 0.5) is 0 Å². The van der Waals surface area contributed by atoms with Gasteiger partial charge in [0.2, 0.25) is 0 Å². The number of rotatable bonds is 2. The largest absolute Gasteiger partial charge is 2.00 e. The van der Waals surface area contributed by atoms with E-state index in [1.807, 2.05) is 0 Å². The van der Waals surface area contributed by atoms with E-state index >= 15 is 0 Å². The first-order valence-corrected chi connectivity index (χ1v) is 17.0. The smallest absolute Gasteiger partial charge is 0.300 e. The van der Waals surface area contributed by atoms with Gasteiger partial charge in [0.25, 0.3) is 0 Å². The minimum Gasteiger partial charge on any atom is -0.300 e. The monoisotopic (exact) mass is 819 g/mol. The molecule has 3 heterocycles. The molecule has 3 heteroatoms. The summed E-state index contributed by atoms with van der Waals surface area (Å²) in [4.78, 5) is 10.6. The summed E-state index contributed by atoms with van der Waals surface area (Å²) in [5.41, 5.74) is 19.7. The molecule has 0 fully saturated rings. The van der Waals surface area contributed by atoms with Crippen LogP contribution in [0.2, 0.25) is 0 Å². The van der Waals surface area contributed by atoms with Gasteiger partial charge < -0.3 is 9.97 Å². The van der Waals surface area contributed by atoms with Crippen molar-refractivity contribution in [3.8, 4) is 44.8 Å². The summed E-state index contributed by atoms with van der Waals surface area (Å²) >= 11 is 0. The van der Waals surface area contributed by atoms with Gasteiger partial charge >= 0.3 is 21.1 Å². The maximum Gasteiger partial charge on any atom is 2.00 e. The van der Waals surface area contributed by atoms with E-state index in [9.17, 15) is 0 Å². The van der Waals surface area contributed by atoms with E-state index in [4.69, 9.17) is 9.97 Å². The normalized spacial score (nSPS) is 14.1. The summed E-state index contributed by atoms with van der Waals surface area (Å²) < 4.78 is 0. The van der Waals surface area contributed by atoms with Crippen molar-refractivity contribution in [3.63, 3.8) is 0 Å². The Hall–Kier alpha value is -4.13. The molecule has 2 aromatic heterocycles. The van der Waals surface area contributed by atoms with Crippen LogP contribution in [-0.2, 0) is 31.9 Å². The zero-order chi connectivity index (χ0) is 34.1. The van der Waals surface area contributed by atoms with Crippen LogP contribution in [0.15, 0.2) is 84.9 Å². The second-order valence-corrected chi connectivity index (χ2v) is 15.0. The molecule has 248 valence electrons. The zero-order valence-electron chi connectivity index (χ0n) is 30.3. The molecule has 1 aliphatic heterocycles. The SMILES string of the molecule is Cc1cc(C)c(-c2cc3[c-]c(c2)C(C)(C)c2[c-]c(cc(-c4c(C)cc(C)cc4C)c2)-c2cccc(n2)C(C)(C)c2cccc-3n2)c(C)c1.[Pt+2]. The summed E-state index contributed by atoms with van der Waals surface area (Å²) in [6.45, 7) is 22.3. The Morgan fingerprint density at radius 2 is 0.837 bits per heavy atom. The van der Waals surface area contributed by atoms with Crippen molar-refractivity contribution >= 4 is 0 Å². The van der Waals surface area contributed by atoms with E-state index in [0.29, 0.717) is 0 Å². The molecule has 0 amide bonds. The van der Waals surface area contributed by atoms with Gasteiger partial charge in [0.05, 0.1) is 0 Å². The van der Waals surface area contributed by atoms with Gasteiger partial charge in [-0.05, 0) is 118 Å². The van der Waals surface area contributed by atoms with E-state index in [-0.39, 0.29) is 21.1 Å². The fraction of sp³-hybridized carbons (Fsp3) is 0.261. The first-order chi connectivity index (χ1) is 22.7. The predicted molar refractivity (Wildman–Crippen MR) is 201 cm³/mol. The van der Waals surface area contributed by atoms with Crippen LogP contribution in [0.5, 0.6) is 0 Å². The Morgan fingerprint density at radius 1 is 0.469 bits per heavy atom. The third kappa shape index (κ3) is 6.14. The number of pyridine rings is 2. The molecule has 0 N–H and O–H groups in total. The van der Waals surface area contributed by atoms with Crippen molar-refractivity contribution < 1.29 is 21.1 Å². The molecule has 7 rings (SSSR count). The molecular weight excluding hydrogens is 776 g/mol. The topological polar surface area (TPSA) is 25.8 Å². The Labute approximate surface area is 307 Å². The number of fused-ring (bicyclic) bond motifs is 10. The van der Waals surface area contributed by atoms with Crippen molar-refractivity contribution in [2.45, 2.75) is 80.1 Å². The van der Waals surface area contributed by atoms with Crippen molar-refractivity contribution in [1.29, 1.82) is 0 Å². The van der Waals surface area contributed by atoms with Gasteiger partial charge in [-0.1, -0.05) is 84.6 Å². The summed E-state index contributed by atoms with van der Waals surface area (Å²) in [7, 11) is 0. The van der Waals surface area contributed by atoms with Gasteiger partial charge in [0, 0.05) is 16.8 Å². The summed E-state index contributed by atoms with van der Waals surface area (Å²) in [6, 6.07) is 38.9. The molecule has 0 aliphatic carbocycles. The quantitative estimate of drug-likeness (QED) is 0.163. The van der Waals surface area contributed by atoms with Crippen LogP contribution >= 0.6 is 0 Å². The molecule has 0 atom stereocenters. The second kappa shape index (κ2) is 12.6. The van der Waals surface area contributed by atoms with Crippen molar-refractivity contribution in [2.24, 2.45) is 0 Å². The standard InChI is InChI=1S/C46H44N2.Pt/c1-27-17-29(3)43(30(4)18-27)35-21-33-23-37(25-35)45(7,8)38-24-34(22-36(26-38)44-31(5)19-28(2)20-32(44)6)40-14-12-16-42(48-40)46(9,10)41-15-11-13-39(33)47-41;/h11-22,25-26H,1-10H3;/q-2;+2. The minimum absolute atomic E-state index is 0. The van der Waals surface area contributed by atoms with E-state index < -0.39 is 10.8 Å². The fourth-order valence-electron chi connectivity index (χ4n) is 7.79. The van der Waals surface area contributed by atoms with Gasteiger partial charge in [-0.15, -0.1) is 58.7 Å². The molecule has 0 spiro atoms. The Kier molecular flexibility index (Phi) is 8.96. The summed E-state index contributed by atoms with van der Waals surface area (Å²) in [5, 5.41) is 0. The summed E-state index contributed by atoms with van der Waals surface area (Å²) in [5.74, 6) is 0. The van der Waals surface area contributed by atoms with E-state index in [0.717, 1.165) is 45.0 Å². The average molecular weight is 820 g/mol. The predicted octanol–water partition coefficient (Wildman–Crippen LogP) is 11.6. The molecule has 49 heavy (non-hydrogen) atoms. The zero-order valence-corrected chi connectivity index (χ0v) is 32.6. The minimum atomic E-state index is -0.437. The van der Waals surface area contributed by atoms with Crippen LogP contribution in [0.1, 0.15) is 83.6 Å². The third-order valence-corrected chi connectivity index (χ3v) is 10.3. The van der Waals surface area contributed by atoms with Crippen molar-refractivity contribution in [3.05, 3.63) is 153 Å². The molecule has 4 aromatic carbocycles. The molecule has 2 nitrogen and oxygen atoms in total. The first kappa shape index (κ1) is 34.7. The van der Waals surface area contributed by atoms with Gasteiger partial charge in [0.15, 0.2) is 0 Å². The van der Waals surface area contributed by atoms with Gasteiger partial charge in [0.1, 0.15) is 0 Å². The first-order valence-electron chi connectivity index (χ1n) is 17.0. The molecule has 0 saturated carbocycles. The van der Waals surface area contributed by atoms with Gasteiger partial charge in [-0.3, -0.25) is 0 Å². The maximum absolute atomic E-state index is 5.31. The van der Waals surface area contributed by atoms with Gasteiger partial charge in [-0.25, -0.2) is 0 Å². The molecule has 1 aliphatic rings. The van der Waals surface area contributed by atoms with E-state index in [1.54, 1.807) is 0 Å². The Balaban J connectivity index is 0.00000417. The van der Waals surface area contributed by atoms with Crippen LogP contribution in [0, 0.1) is 53.7 Å². The van der Waals surface area contributed by atoms with Crippen LogP contribution in [0.25, 0.3) is 44.8 Å². The van der Waals surface area contributed by atoms with E-state index in [2.05, 4.69) is 166 Å². The Bertz CT molecular complexity index is 2050. The number of nitrogens with zero attached hydrogens (tertiary/aromatic N) is 2. The molecule has 0 unspecified atom stereocenters. The fourth-order valence-corrected chi connectivity index (χ4v) is 7.79. The number of aryl methyl sites for hydroxylation is 6. The Morgan fingerprint density at radius 3 is 1.20 bits per heavy atom. The number of benzene rings is 4. The van der Waals surface area contributed by atoms with Crippen LogP contribution in [-0.4, -0.2) is 9.97 Å². The molecule has 6 aromatic rings. The number of hydrogen-bond donors (Lipinski definition) is 0. The molecule has 0 saturated heterocycles. The second-order valence-electron chi connectivity index (χ2n) is 15.0. The molecular formula is C46H44N2Pt. The van der Waals surface area contributed by atoms with Crippen molar-refractivity contribution in [1.82, 2.24) is 9.97 Å². The third-order valence-electron chi connectivity index (χ3n) is 10.3. The number of aromatic nitrogens is 2.